The monoisotopic (exact) mass is 342 g/mol. The van der Waals surface area contributed by atoms with Crippen molar-refractivity contribution < 1.29 is 14.1 Å². The second-order valence-corrected chi connectivity index (χ2v) is 6.85. The lowest BCUT2D eigenvalue weighted by molar-refractivity contribution is -0.0757. The highest BCUT2D eigenvalue weighted by Crippen LogP contribution is 2.39. The van der Waals surface area contributed by atoms with Gasteiger partial charge in [0.2, 0.25) is 5.89 Å². The summed E-state index contributed by atoms with van der Waals surface area (Å²) in [5.41, 5.74) is 1.35. The van der Waals surface area contributed by atoms with Gasteiger partial charge in [0, 0.05) is 37.2 Å². The van der Waals surface area contributed by atoms with E-state index in [9.17, 15) is 4.79 Å². The maximum absolute atomic E-state index is 12.8. The van der Waals surface area contributed by atoms with Gasteiger partial charge in [-0.25, -0.2) is 4.98 Å². The second kappa shape index (κ2) is 6.55. The van der Waals surface area contributed by atoms with Crippen molar-refractivity contribution >= 4 is 5.91 Å². The molecule has 25 heavy (non-hydrogen) atoms. The van der Waals surface area contributed by atoms with Crippen molar-refractivity contribution in [3.63, 3.8) is 0 Å². The van der Waals surface area contributed by atoms with Crippen LogP contribution in [0.5, 0.6) is 0 Å². The normalized spacial score (nSPS) is 26.3. The predicted molar refractivity (Wildman–Crippen MR) is 89.1 cm³/mol. The van der Waals surface area contributed by atoms with Gasteiger partial charge in [-0.1, -0.05) is 11.2 Å². The number of fused-ring (bicyclic) bond motifs is 1. The zero-order chi connectivity index (χ0) is 17.4. The van der Waals surface area contributed by atoms with Crippen LogP contribution in [0.25, 0.3) is 0 Å². The summed E-state index contributed by atoms with van der Waals surface area (Å²) < 4.78 is 11.4. The smallest absolute Gasteiger partial charge is 0.272 e. The lowest BCUT2D eigenvalue weighted by Crippen LogP contribution is -2.51. The van der Waals surface area contributed by atoms with E-state index in [-0.39, 0.29) is 23.8 Å². The molecule has 2 fully saturated rings. The van der Waals surface area contributed by atoms with Crippen molar-refractivity contribution in [3.05, 3.63) is 41.3 Å². The fraction of sp³-hybridized carbons (Fsp3) is 0.556. The number of ether oxygens (including phenoxy) is 1. The Morgan fingerprint density at radius 3 is 2.88 bits per heavy atom. The highest BCUT2D eigenvalue weighted by atomic mass is 16.5. The number of aryl methyl sites for hydroxylation is 2. The van der Waals surface area contributed by atoms with Crippen molar-refractivity contribution in [3.8, 4) is 0 Å². The maximum atomic E-state index is 12.8. The van der Waals surface area contributed by atoms with Gasteiger partial charge in [0.15, 0.2) is 5.82 Å². The second-order valence-electron chi connectivity index (χ2n) is 6.85. The number of rotatable bonds is 2. The number of pyridine rings is 1. The van der Waals surface area contributed by atoms with Crippen LogP contribution in [-0.4, -0.2) is 51.7 Å². The first-order valence-electron chi connectivity index (χ1n) is 8.76. The quantitative estimate of drug-likeness (QED) is 0.831. The van der Waals surface area contributed by atoms with Crippen LogP contribution in [0.1, 0.15) is 46.7 Å². The number of nitrogens with zero attached hydrogens (tertiary/aromatic N) is 4. The first kappa shape index (κ1) is 16.2. The third-order valence-electron chi connectivity index (χ3n) is 5.13. The summed E-state index contributed by atoms with van der Waals surface area (Å²) in [5.74, 6) is 1.61. The number of hydrogen-bond donors (Lipinski definition) is 0. The Morgan fingerprint density at radius 2 is 2.12 bits per heavy atom. The molecule has 0 spiro atoms. The third-order valence-corrected chi connectivity index (χ3v) is 5.13. The van der Waals surface area contributed by atoms with E-state index in [1.165, 1.54) is 0 Å². The van der Waals surface area contributed by atoms with Crippen LogP contribution in [0.15, 0.2) is 22.7 Å². The molecule has 2 aliphatic heterocycles. The Bertz CT molecular complexity index is 775. The van der Waals surface area contributed by atoms with Crippen LogP contribution in [0.4, 0.5) is 0 Å². The van der Waals surface area contributed by atoms with Gasteiger partial charge in [0.05, 0.1) is 6.10 Å². The van der Waals surface area contributed by atoms with E-state index in [0.717, 1.165) is 18.5 Å². The summed E-state index contributed by atoms with van der Waals surface area (Å²) in [6.07, 6.45) is 1.81. The lowest BCUT2D eigenvalue weighted by atomic mass is 9.79. The van der Waals surface area contributed by atoms with Crippen LogP contribution < -0.4 is 0 Å². The molecule has 2 aromatic rings. The predicted octanol–water partition coefficient (Wildman–Crippen LogP) is 2.12. The number of hydrogen-bond acceptors (Lipinski definition) is 6. The molecule has 0 N–H and O–H groups in total. The zero-order valence-corrected chi connectivity index (χ0v) is 14.5. The molecule has 4 rings (SSSR count). The van der Waals surface area contributed by atoms with Gasteiger partial charge in [-0.15, -0.1) is 0 Å². The Labute approximate surface area is 146 Å². The highest BCUT2D eigenvalue weighted by Gasteiger charge is 2.42. The highest BCUT2D eigenvalue weighted by molar-refractivity contribution is 5.92. The Kier molecular flexibility index (Phi) is 4.25. The van der Waals surface area contributed by atoms with Crippen LogP contribution in [-0.2, 0) is 4.74 Å². The number of aromatic nitrogens is 3. The van der Waals surface area contributed by atoms with E-state index in [2.05, 4.69) is 15.1 Å². The molecule has 0 aromatic carbocycles. The van der Waals surface area contributed by atoms with E-state index in [4.69, 9.17) is 9.26 Å². The molecule has 0 saturated carbocycles. The van der Waals surface area contributed by atoms with Crippen molar-refractivity contribution in [1.82, 2.24) is 20.0 Å². The van der Waals surface area contributed by atoms with E-state index in [1.54, 1.807) is 6.07 Å². The fourth-order valence-electron chi connectivity index (χ4n) is 3.89. The standard InChI is InChI=1S/C18H22N4O3/c1-11-4-3-5-15(19-11)18(23)22-8-6-16-14(10-22)13(7-9-24-16)17-20-12(2)21-25-17/h3-5,13-14,16H,6-10H2,1-2H3/t13-,14-,16-/m1/s1. The summed E-state index contributed by atoms with van der Waals surface area (Å²) in [5, 5.41) is 3.92. The fourth-order valence-corrected chi connectivity index (χ4v) is 3.89. The maximum Gasteiger partial charge on any atom is 0.272 e. The Morgan fingerprint density at radius 1 is 1.24 bits per heavy atom. The SMILES string of the molecule is Cc1cccc(C(=O)N2CC[C@H]3OCC[C@@H](c4nc(C)no4)[C@H]3C2)n1. The molecule has 2 aromatic heterocycles. The minimum absolute atomic E-state index is 0.0202. The van der Waals surface area contributed by atoms with Crippen LogP contribution in [0.2, 0.25) is 0 Å². The Hall–Kier alpha value is -2.28. The van der Waals surface area contributed by atoms with Gasteiger partial charge >= 0.3 is 0 Å². The van der Waals surface area contributed by atoms with Gasteiger partial charge in [-0.3, -0.25) is 4.79 Å². The molecule has 0 bridgehead atoms. The van der Waals surface area contributed by atoms with Gasteiger partial charge < -0.3 is 14.2 Å². The van der Waals surface area contributed by atoms with Gasteiger partial charge in [0.25, 0.3) is 5.91 Å². The Balaban J connectivity index is 1.55. The molecule has 3 atom stereocenters. The molecular weight excluding hydrogens is 320 g/mol. The topological polar surface area (TPSA) is 81.4 Å². The average Bonchev–Trinajstić information content (AvgIpc) is 3.06. The number of carbonyl (C=O) groups excluding carboxylic acids is 1. The molecule has 7 nitrogen and oxygen atoms in total. The summed E-state index contributed by atoms with van der Waals surface area (Å²) in [6, 6.07) is 5.54. The number of carbonyl (C=O) groups is 1. The van der Waals surface area contributed by atoms with Crippen LogP contribution in [0, 0.1) is 19.8 Å². The molecule has 1 amide bonds. The molecule has 7 heteroatoms. The summed E-state index contributed by atoms with van der Waals surface area (Å²) in [4.78, 5) is 23.5. The molecule has 2 saturated heterocycles. The van der Waals surface area contributed by atoms with E-state index < -0.39 is 0 Å². The van der Waals surface area contributed by atoms with E-state index in [0.29, 0.717) is 37.1 Å². The van der Waals surface area contributed by atoms with Crippen LogP contribution >= 0.6 is 0 Å². The van der Waals surface area contributed by atoms with E-state index >= 15 is 0 Å². The molecule has 0 unspecified atom stereocenters. The minimum Gasteiger partial charge on any atom is -0.378 e. The molecule has 0 aliphatic carbocycles. The van der Waals surface area contributed by atoms with Crippen molar-refractivity contribution in [2.24, 2.45) is 5.92 Å². The van der Waals surface area contributed by atoms with E-state index in [1.807, 2.05) is 30.9 Å². The first-order valence-corrected chi connectivity index (χ1v) is 8.76. The minimum atomic E-state index is -0.0202. The van der Waals surface area contributed by atoms with Gasteiger partial charge in [-0.05, 0) is 38.8 Å². The van der Waals surface area contributed by atoms with Gasteiger partial charge in [0.1, 0.15) is 5.69 Å². The summed E-state index contributed by atoms with van der Waals surface area (Å²) >= 11 is 0. The number of likely N-dealkylation sites (tertiary alicyclic amines) is 1. The number of piperidine rings is 1. The molecule has 2 aliphatic rings. The average molecular weight is 342 g/mol. The molecular formula is C18H22N4O3. The summed E-state index contributed by atoms with van der Waals surface area (Å²) in [7, 11) is 0. The van der Waals surface area contributed by atoms with Crippen molar-refractivity contribution in [1.29, 1.82) is 0 Å². The third kappa shape index (κ3) is 3.16. The lowest BCUT2D eigenvalue weighted by Gasteiger charge is -2.43. The number of amides is 1. The van der Waals surface area contributed by atoms with Gasteiger partial charge in [-0.2, -0.15) is 4.98 Å². The van der Waals surface area contributed by atoms with Crippen molar-refractivity contribution in [2.45, 2.75) is 38.7 Å². The molecule has 4 heterocycles. The van der Waals surface area contributed by atoms with Crippen LogP contribution in [0.3, 0.4) is 0 Å². The largest absolute Gasteiger partial charge is 0.378 e. The summed E-state index contributed by atoms with van der Waals surface area (Å²) in [6.45, 7) is 5.73. The molecule has 132 valence electrons. The van der Waals surface area contributed by atoms with Crippen molar-refractivity contribution in [2.75, 3.05) is 19.7 Å². The molecule has 0 radical (unpaired) electrons. The zero-order valence-electron chi connectivity index (χ0n) is 14.5. The first-order chi connectivity index (χ1) is 12.1.